The van der Waals surface area contributed by atoms with Crippen molar-refractivity contribution in [1.29, 1.82) is 0 Å². The van der Waals surface area contributed by atoms with Gasteiger partial charge in [0.15, 0.2) is 5.13 Å². The Bertz CT molecular complexity index is 1580. The number of hydrogen-bond donors (Lipinski definition) is 1. The van der Waals surface area contributed by atoms with E-state index in [1.807, 2.05) is 70.2 Å². The van der Waals surface area contributed by atoms with Crippen molar-refractivity contribution in [1.82, 2.24) is 24.2 Å². The van der Waals surface area contributed by atoms with Gasteiger partial charge in [-0.05, 0) is 37.4 Å². The number of nitrogens with zero attached hydrogens (tertiary/aromatic N) is 5. The molecule has 0 saturated carbocycles. The lowest BCUT2D eigenvalue weighted by Crippen LogP contribution is -2.47. The summed E-state index contributed by atoms with van der Waals surface area (Å²) < 4.78 is 2.76. The van der Waals surface area contributed by atoms with Crippen LogP contribution in [-0.2, 0) is 0 Å². The quantitative estimate of drug-likeness (QED) is 0.402. The Hall–Kier alpha value is -4.08. The van der Waals surface area contributed by atoms with E-state index in [-0.39, 0.29) is 11.8 Å². The summed E-state index contributed by atoms with van der Waals surface area (Å²) in [4.78, 5) is 39.2. The van der Waals surface area contributed by atoms with Crippen LogP contribution in [0.15, 0.2) is 73.1 Å². The van der Waals surface area contributed by atoms with Gasteiger partial charge in [0.1, 0.15) is 5.65 Å². The molecule has 1 N–H and O–H groups in total. The van der Waals surface area contributed by atoms with Crippen LogP contribution < -0.4 is 5.32 Å². The molecule has 0 spiro atoms. The minimum absolute atomic E-state index is 0.0341. The topological polar surface area (TPSA) is 82.8 Å². The third-order valence-electron chi connectivity index (χ3n) is 6.44. The van der Waals surface area contributed by atoms with Gasteiger partial charge in [-0.15, -0.1) is 0 Å². The van der Waals surface area contributed by atoms with E-state index in [0.717, 1.165) is 47.7 Å². The van der Waals surface area contributed by atoms with Crippen molar-refractivity contribution in [2.24, 2.45) is 0 Å². The zero-order chi connectivity index (χ0) is 24.6. The van der Waals surface area contributed by atoms with Gasteiger partial charge in [-0.3, -0.25) is 14.9 Å². The molecule has 4 heterocycles. The normalized spacial score (nSPS) is 14.4. The minimum atomic E-state index is -0.255. The van der Waals surface area contributed by atoms with Crippen molar-refractivity contribution >= 4 is 44.1 Å². The van der Waals surface area contributed by atoms with E-state index in [2.05, 4.69) is 27.2 Å². The first-order chi connectivity index (χ1) is 17.5. The van der Waals surface area contributed by atoms with Crippen LogP contribution in [0.4, 0.5) is 5.13 Å². The standard InChI is InChI=1S/C27H24N6O2S/c1-31-11-13-32(14-12-31)26(35)20-7-8-21-23(15-20)36-27(29-21)30-25(34)19-9-10-33-17-22(28-24(33)16-19)18-5-3-2-4-6-18/h2-10,15-17H,11-14H2,1H3,(H,29,30,34). The van der Waals surface area contributed by atoms with Gasteiger partial charge in [0.25, 0.3) is 11.8 Å². The molecular formula is C27H24N6O2S. The molecule has 1 aliphatic heterocycles. The van der Waals surface area contributed by atoms with Gasteiger partial charge >= 0.3 is 0 Å². The van der Waals surface area contributed by atoms with Crippen LogP contribution in [0, 0.1) is 0 Å². The fourth-order valence-electron chi connectivity index (χ4n) is 4.34. The summed E-state index contributed by atoms with van der Waals surface area (Å²) in [5.74, 6) is -0.221. The molecule has 36 heavy (non-hydrogen) atoms. The molecule has 8 nitrogen and oxygen atoms in total. The summed E-state index contributed by atoms with van der Waals surface area (Å²) in [5, 5.41) is 3.39. The smallest absolute Gasteiger partial charge is 0.257 e. The van der Waals surface area contributed by atoms with Gasteiger partial charge in [-0.2, -0.15) is 0 Å². The average molecular weight is 497 g/mol. The van der Waals surface area contributed by atoms with Gasteiger partial charge in [-0.1, -0.05) is 41.7 Å². The van der Waals surface area contributed by atoms with Crippen molar-refractivity contribution in [2.45, 2.75) is 0 Å². The number of imidazole rings is 1. The summed E-state index contributed by atoms with van der Waals surface area (Å²) in [6.07, 6.45) is 3.78. The Kier molecular flexibility index (Phi) is 5.71. The maximum atomic E-state index is 13.0. The van der Waals surface area contributed by atoms with Crippen molar-refractivity contribution < 1.29 is 9.59 Å². The number of hydrogen-bond acceptors (Lipinski definition) is 6. The number of carbonyl (C=O) groups is 2. The largest absolute Gasteiger partial charge is 0.336 e. The molecule has 1 fully saturated rings. The second-order valence-corrected chi connectivity index (χ2v) is 9.95. The predicted octanol–water partition coefficient (Wildman–Crippen LogP) is 4.25. The molecule has 0 atom stereocenters. The van der Waals surface area contributed by atoms with Crippen LogP contribution in [0.5, 0.6) is 0 Å². The molecule has 5 aromatic rings. The van der Waals surface area contributed by atoms with Crippen molar-refractivity contribution in [2.75, 3.05) is 38.5 Å². The summed E-state index contributed by atoms with van der Waals surface area (Å²) in [7, 11) is 2.07. The number of piperazine rings is 1. The highest BCUT2D eigenvalue weighted by atomic mass is 32.1. The fourth-order valence-corrected chi connectivity index (χ4v) is 5.24. The molecular weight excluding hydrogens is 472 g/mol. The molecule has 0 bridgehead atoms. The van der Waals surface area contributed by atoms with E-state index < -0.39 is 0 Å². The summed E-state index contributed by atoms with van der Waals surface area (Å²) in [5.41, 5.74) is 4.46. The highest BCUT2D eigenvalue weighted by Gasteiger charge is 2.21. The van der Waals surface area contributed by atoms with E-state index in [0.29, 0.717) is 21.9 Å². The number of aromatic nitrogens is 3. The highest BCUT2D eigenvalue weighted by molar-refractivity contribution is 7.22. The number of likely N-dealkylation sites (N-methyl/N-ethyl adjacent to an activating group) is 1. The minimum Gasteiger partial charge on any atom is -0.336 e. The lowest BCUT2D eigenvalue weighted by Gasteiger charge is -2.32. The Labute approximate surface area is 211 Å². The van der Waals surface area contributed by atoms with E-state index in [9.17, 15) is 9.59 Å². The van der Waals surface area contributed by atoms with E-state index in [1.165, 1.54) is 11.3 Å². The van der Waals surface area contributed by atoms with Crippen LogP contribution in [0.2, 0.25) is 0 Å². The lowest BCUT2D eigenvalue weighted by atomic mass is 10.1. The van der Waals surface area contributed by atoms with Crippen LogP contribution in [0.1, 0.15) is 20.7 Å². The molecule has 6 rings (SSSR count). The predicted molar refractivity (Wildman–Crippen MR) is 142 cm³/mol. The van der Waals surface area contributed by atoms with E-state index in [4.69, 9.17) is 0 Å². The summed E-state index contributed by atoms with van der Waals surface area (Å²) in [6, 6.07) is 19.0. The number of benzene rings is 2. The monoisotopic (exact) mass is 496 g/mol. The van der Waals surface area contributed by atoms with Crippen LogP contribution in [0.3, 0.4) is 0 Å². The van der Waals surface area contributed by atoms with Crippen LogP contribution in [0.25, 0.3) is 27.1 Å². The molecule has 2 aromatic carbocycles. The van der Waals surface area contributed by atoms with Gasteiger partial charge < -0.3 is 14.2 Å². The Morgan fingerprint density at radius 2 is 1.72 bits per heavy atom. The second-order valence-electron chi connectivity index (χ2n) is 8.92. The SMILES string of the molecule is CN1CCN(C(=O)c2ccc3nc(NC(=O)c4ccn5cc(-c6ccccc6)nc5c4)sc3c2)CC1. The van der Waals surface area contributed by atoms with Crippen LogP contribution >= 0.6 is 11.3 Å². The van der Waals surface area contributed by atoms with Crippen molar-refractivity contribution in [3.05, 3.63) is 84.2 Å². The van der Waals surface area contributed by atoms with Gasteiger partial charge in [-0.25, -0.2) is 9.97 Å². The molecule has 0 aliphatic carbocycles. The second kappa shape index (κ2) is 9.18. The molecule has 0 radical (unpaired) electrons. The fraction of sp³-hybridized carbons (Fsp3) is 0.185. The van der Waals surface area contributed by atoms with E-state index in [1.54, 1.807) is 12.1 Å². The zero-order valence-corrected chi connectivity index (χ0v) is 20.5. The number of fused-ring (bicyclic) bond motifs is 2. The summed E-state index contributed by atoms with van der Waals surface area (Å²) in [6.45, 7) is 3.21. The number of rotatable bonds is 4. The number of nitrogens with one attached hydrogen (secondary N) is 1. The first-order valence-corrected chi connectivity index (χ1v) is 12.6. The third-order valence-corrected chi connectivity index (χ3v) is 7.37. The lowest BCUT2D eigenvalue weighted by molar-refractivity contribution is 0.0664. The van der Waals surface area contributed by atoms with Crippen molar-refractivity contribution in [3.8, 4) is 11.3 Å². The molecule has 3 aromatic heterocycles. The van der Waals surface area contributed by atoms with Crippen LogP contribution in [-0.4, -0.2) is 69.2 Å². The maximum absolute atomic E-state index is 13.0. The number of amides is 2. The highest BCUT2D eigenvalue weighted by Crippen LogP contribution is 2.28. The van der Waals surface area contributed by atoms with Gasteiger partial charge in [0, 0.05) is 55.3 Å². The molecule has 2 amide bonds. The van der Waals surface area contributed by atoms with Gasteiger partial charge in [0.2, 0.25) is 0 Å². The number of pyridine rings is 1. The summed E-state index contributed by atoms with van der Waals surface area (Å²) >= 11 is 1.36. The number of carbonyl (C=O) groups excluding carboxylic acids is 2. The first-order valence-electron chi connectivity index (χ1n) is 11.8. The maximum Gasteiger partial charge on any atom is 0.257 e. The zero-order valence-electron chi connectivity index (χ0n) is 19.7. The molecule has 0 unspecified atom stereocenters. The molecule has 9 heteroatoms. The molecule has 1 saturated heterocycles. The average Bonchev–Trinajstić information content (AvgIpc) is 3.52. The molecule has 180 valence electrons. The Morgan fingerprint density at radius 3 is 2.53 bits per heavy atom. The number of anilines is 1. The first kappa shape index (κ1) is 22.4. The van der Waals surface area contributed by atoms with Gasteiger partial charge in [0.05, 0.1) is 15.9 Å². The Balaban J connectivity index is 1.20. The third kappa shape index (κ3) is 4.34. The Morgan fingerprint density at radius 1 is 0.917 bits per heavy atom. The van der Waals surface area contributed by atoms with Crippen molar-refractivity contribution in [3.63, 3.8) is 0 Å². The molecule has 1 aliphatic rings. The van der Waals surface area contributed by atoms with E-state index >= 15 is 0 Å². The number of thiazole rings is 1.